The van der Waals surface area contributed by atoms with Crippen LogP contribution < -0.4 is 9.47 Å². The van der Waals surface area contributed by atoms with Crippen LogP contribution in [-0.2, 0) is 4.74 Å². The number of rotatable bonds is 4. The first kappa shape index (κ1) is 22.1. The van der Waals surface area contributed by atoms with E-state index in [0.29, 0.717) is 0 Å². The molecule has 2 aliphatic heterocycles. The van der Waals surface area contributed by atoms with Crippen molar-refractivity contribution in [1.29, 1.82) is 0 Å². The maximum absolute atomic E-state index is 12.6. The minimum atomic E-state index is -1.67. The number of ether oxygens (including phenoxy) is 3. The molecular weight excluding hydrogens is 428 g/mol. The molecule has 0 unspecified atom stereocenters. The minimum absolute atomic E-state index is 0.0571. The van der Waals surface area contributed by atoms with Gasteiger partial charge in [0.05, 0.1) is 13.0 Å². The summed E-state index contributed by atoms with van der Waals surface area (Å²) in [6.45, 7) is -0.643. The van der Waals surface area contributed by atoms with Crippen molar-refractivity contribution in [3.8, 4) is 28.7 Å². The minimum Gasteiger partial charge on any atom is -0.508 e. The van der Waals surface area contributed by atoms with Crippen molar-refractivity contribution in [1.82, 2.24) is 0 Å². The summed E-state index contributed by atoms with van der Waals surface area (Å²) in [5, 5.41) is 69.1. The lowest BCUT2D eigenvalue weighted by Gasteiger charge is -2.39. The van der Waals surface area contributed by atoms with Gasteiger partial charge in [-0.15, -0.1) is 0 Å². The average molecular weight is 450 g/mol. The number of aromatic hydroxyl groups is 3. The molecule has 7 N–H and O–H groups in total. The van der Waals surface area contributed by atoms with Gasteiger partial charge in [-0.05, 0) is 12.1 Å². The van der Waals surface area contributed by atoms with Crippen molar-refractivity contribution in [2.45, 2.75) is 43.2 Å². The SMILES string of the molecule is O=C1C[C@@H](c2ccc(O)cc2O)Oc2cc(O[C@@H]3O[C@H](CO)[C@@H](O)[C@H](O)[C@H]3O)cc(O)c21. The lowest BCUT2D eigenvalue weighted by atomic mass is 9.95. The molecule has 4 rings (SSSR count). The zero-order valence-electron chi connectivity index (χ0n) is 16.5. The number of hydrogen-bond acceptors (Lipinski definition) is 11. The molecule has 0 saturated carbocycles. The highest BCUT2D eigenvalue weighted by Gasteiger charge is 2.45. The molecule has 1 fully saturated rings. The second-order valence-electron chi connectivity index (χ2n) is 7.61. The lowest BCUT2D eigenvalue weighted by Crippen LogP contribution is -2.60. The van der Waals surface area contributed by atoms with Gasteiger partial charge in [0.1, 0.15) is 64.8 Å². The van der Waals surface area contributed by atoms with E-state index in [-0.39, 0.29) is 40.5 Å². The maximum Gasteiger partial charge on any atom is 0.229 e. The van der Waals surface area contributed by atoms with Crippen LogP contribution in [0.4, 0.5) is 0 Å². The summed E-state index contributed by atoms with van der Waals surface area (Å²) < 4.78 is 16.6. The summed E-state index contributed by atoms with van der Waals surface area (Å²) in [4.78, 5) is 12.6. The topological polar surface area (TPSA) is 186 Å². The van der Waals surface area contributed by atoms with Gasteiger partial charge < -0.3 is 50.0 Å². The van der Waals surface area contributed by atoms with E-state index in [0.717, 1.165) is 12.1 Å². The zero-order chi connectivity index (χ0) is 23.2. The summed E-state index contributed by atoms with van der Waals surface area (Å²) in [5.41, 5.74) is 0.155. The van der Waals surface area contributed by atoms with Crippen molar-refractivity contribution in [3.05, 3.63) is 41.5 Å². The van der Waals surface area contributed by atoms with E-state index in [9.17, 15) is 40.5 Å². The Morgan fingerprint density at radius 2 is 1.72 bits per heavy atom. The summed E-state index contributed by atoms with van der Waals surface area (Å²) in [6.07, 6.45) is -8.66. The fourth-order valence-corrected chi connectivity index (χ4v) is 3.76. The van der Waals surface area contributed by atoms with Crippen LogP contribution in [0.15, 0.2) is 30.3 Å². The molecular formula is C21H22O11. The monoisotopic (exact) mass is 450 g/mol. The Bertz CT molecular complexity index is 1020. The Hall–Kier alpha value is -3.09. The number of carbonyl (C=O) groups excluding carboxylic acids is 1. The molecule has 11 heteroatoms. The van der Waals surface area contributed by atoms with Crippen LogP contribution in [0.2, 0.25) is 0 Å². The first-order valence-electron chi connectivity index (χ1n) is 9.75. The van der Waals surface area contributed by atoms with E-state index in [1.165, 1.54) is 18.2 Å². The Kier molecular flexibility index (Phi) is 5.84. The molecule has 2 aromatic rings. The third-order valence-electron chi connectivity index (χ3n) is 5.44. The molecule has 0 bridgehead atoms. The van der Waals surface area contributed by atoms with Crippen LogP contribution in [-0.4, -0.2) is 78.8 Å². The van der Waals surface area contributed by atoms with Crippen LogP contribution in [0, 0.1) is 0 Å². The van der Waals surface area contributed by atoms with Crippen molar-refractivity contribution in [2.75, 3.05) is 6.61 Å². The maximum atomic E-state index is 12.6. The molecule has 2 aromatic carbocycles. The normalized spacial score (nSPS) is 29.8. The van der Waals surface area contributed by atoms with E-state index >= 15 is 0 Å². The van der Waals surface area contributed by atoms with Crippen LogP contribution >= 0.6 is 0 Å². The molecule has 2 aliphatic rings. The number of aliphatic hydroxyl groups excluding tert-OH is 4. The van der Waals surface area contributed by atoms with E-state index in [1.54, 1.807) is 0 Å². The standard InChI is InChI=1S/C21H22O11/c22-7-16-18(27)19(28)20(29)21(32-16)30-9-4-12(25)17-13(26)6-14(31-15(17)5-9)10-2-1-8(23)3-11(10)24/h1-5,14,16,18-25,27-29H,6-7H2/t14-,16+,18+,19-,20+,21+/m0/s1. The van der Waals surface area contributed by atoms with Crippen molar-refractivity contribution in [2.24, 2.45) is 0 Å². The largest absolute Gasteiger partial charge is 0.508 e. The highest BCUT2D eigenvalue weighted by atomic mass is 16.7. The number of fused-ring (bicyclic) bond motifs is 1. The van der Waals surface area contributed by atoms with Crippen LogP contribution in [0.5, 0.6) is 28.7 Å². The molecule has 2 heterocycles. The molecule has 0 radical (unpaired) electrons. The highest BCUT2D eigenvalue weighted by molar-refractivity contribution is 6.02. The molecule has 0 aromatic heterocycles. The zero-order valence-corrected chi connectivity index (χ0v) is 16.5. The number of benzene rings is 2. The van der Waals surface area contributed by atoms with Gasteiger partial charge in [0.2, 0.25) is 6.29 Å². The van der Waals surface area contributed by atoms with E-state index < -0.39 is 54.9 Å². The summed E-state index contributed by atoms with van der Waals surface area (Å²) >= 11 is 0. The van der Waals surface area contributed by atoms with Gasteiger partial charge in [-0.1, -0.05) is 0 Å². The second kappa shape index (κ2) is 8.45. The van der Waals surface area contributed by atoms with Crippen molar-refractivity contribution >= 4 is 5.78 Å². The average Bonchev–Trinajstić information content (AvgIpc) is 2.73. The van der Waals surface area contributed by atoms with Gasteiger partial charge in [-0.3, -0.25) is 4.79 Å². The van der Waals surface area contributed by atoms with Crippen LogP contribution in [0.1, 0.15) is 28.4 Å². The quantitative estimate of drug-likeness (QED) is 0.324. The van der Waals surface area contributed by atoms with E-state index in [1.807, 2.05) is 0 Å². The Labute approximate surface area is 181 Å². The van der Waals surface area contributed by atoms with Gasteiger partial charge >= 0.3 is 0 Å². The Balaban J connectivity index is 1.61. The number of hydrogen-bond donors (Lipinski definition) is 7. The predicted molar refractivity (Wildman–Crippen MR) is 105 cm³/mol. The Morgan fingerprint density at radius 3 is 2.41 bits per heavy atom. The first-order chi connectivity index (χ1) is 15.2. The number of ketones is 1. The molecule has 0 spiro atoms. The van der Waals surface area contributed by atoms with Crippen LogP contribution in [0.3, 0.4) is 0 Å². The Morgan fingerprint density at radius 1 is 0.969 bits per heavy atom. The van der Waals surface area contributed by atoms with Crippen molar-refractivity contribution < 1.29 is 54.8 Å². The van der Waals surface area contributed by atoms with E-state index in [2.05, 4.69) is 0 Å². The fourth-order valence-electron chi connectivity index (χ4n) is 3.76. The van der Waals surface area contributed by atoms with Gasteiger partial charge in [-0.25, -0.2) is 0 Å². The number of aliphatic hydroxyl groups is 4. The summed E-state index contributed by atoms with van der Waals surface area (Å²) in [5.74, 6) is -1.50. The fraction of sp³-hybridized carbons (Fsp3) is 0.381. The third kappa shape index (κ3) is 3.92. The molecule has 6 atom stereocenters. The third-order valence-corrected chi connectivity index (χ3v) is 5.44. The second-order valence-corrected chi connectivity index (χ2v) is 7.61. The molecule has 1 saturated heterocycles. The molecule has 0 amide bonds. The predicted octanol–water partition coefficient (Wildman–Crippen LogP) is -0.311. The van der Waals surface area contributed by atoms with Gasteiger partial charge in [0.15, 0.2) is 5.78 Å². The number of phenols is 3. The van der Waals surface area contributed by atoms with Crippen LogP contribution in [0.25, 0.3) is 0 Å². The van der Waals surface area contributed by atoms with Crippen molar-refractivity contribution in [3.63, 3.8) is 0 Å². The van der Waals surface area contributed by atoms with Gasteiger partial charge in [0, 0.05) is 23.8 Å². The molecule has 11 nitrogen and oxygen atoms in total. The smallest absolute Gasteiger partial charge is 0.229 e. The van der Waals surface area contributed by atoms with Gasteiger partial charge in [-0.2, -0.15) is 0 Å². The summed E-state index contributed by atoms with van der Waals surface area (Å²) in [6, 6.07) is 6.20. The molecule has 172 valence electrons. The molecule has 0 aliphatic carbocycles. The molecule has 32 heavy (non-hydrogen) atoms. The highest BCUT2D eigenvalue weighted by Crippen LogP contribution is 2.44. The number of carbonyl (C=O) groups is 1. The number of phenolic OH excluding ortho intramolecular Hbond substituents is 3. The first-order valence-corrected chi connectivity index (χ1v) is 9.75. The van der Waals surface area contributed by atoms with Gasteiger partial charge in [0.25, 0.3) is 0 Å². The lowest BCUT2D eigenvalue weighted by molar-refractivity contribution is -0.277. The summed E-state index contributed by atoms with van der Waals surface area (Å²) in [7, 11) is 0. The van der Waals surface area contributed by atoms with E-state index in [4.69, 9.17) is 14.2 Å². The number of Topliss-reactive ketones (excluding diaryl/α,β-unsaturated/α-hetero) is 1.